The Bertz CT molecular complexity index is 1640. The van der Waals surface area contributed by atoms with Crippen molar-refractivity contribution in [1.82, 2.24) is 20.0 Å². The quantitative estimate of drug-likeness (QED) is 0.255. The highest BCUT2D eigenvalue weighted by atomic mass is 32.2. The first-order valence-electron chi connectivity index (χ1n) is 20.0. The van der Waals surface area contributed by atoms with E-state index in [1.54, 1.807) is 11.9 Å². The molecule has 2 heterocycles. The zero-order chi connectivity index (χ0) is 38.2. The number of benzene rings is 2. The third kappa shape index (κ3) is 10.3. The Morgan fingerprint density at radius 3 is 2.39 bits per heavy atom. The molecule has 1 saturated carbocycles. The molecule has 3 fully saturated rings. The number of sulfone groups is 1. The fourth-order valence-corrected chi connectivity index (χ4v) is 10.5. The van der Waals surface area contributed by atoms with Gasteiger partial charge in [0, 0.05) is 58.5 Å². The highest BCUT2D eigenvalue weighted by Crippen LogP contribution is 2.38. The molecule has 2 saturated heterocycles. The number of amides is 2. The van der Waals surface area contributed by atoms with Crippen molar-refractivity contribution in [3.8, 4) is 5.75 Å². The molecule has 2 aromatic carbocycles. The summed E-state index contributed by atoms with van der Waals surface area (Å²) in [6.07, 6.45) is 4.63. The van der Waals surface area contributed by atoms with Gasteiger partial charge in [0.2, 0.25) is 11.3 Å². The predicted octanol–water partition coefficient (Wildman–Crippen LogP) is 4.25. The molecule has 2 aliphatic heterocycles. The lowest BCUT2D eigenvalue weighted by Gasteiger charge is -2.35. The van der Waals surface area contributed by atoms with Crippen LogP contribution in [0.1, 0.15) is 92.9 Å². The highest BCUT2D eigenvalue weighted by Gasteiger charge is 2.40. The molecular weight excluding hydrogens is 709 g/mol. The van der Waals surface area contributed by atoms with Crippen LogP contribution in [0.15, 0.2) is 48.5 Å². The molecule has 0 radical (unpaired) electrons. The minimum absolute atomic E-state index is 0.0213. The summed E-state index contributed by atoms with van der Waals surface area (Å²) < 4.78 is 37.0. The van der Waals surface area contributed by atoms with Crippen LogP contribution >= 0.6 is 0 Å². The highest BCUT2D eigenvalue weighted by molar-refractivity contribution is 7.91. The number of nitrogens with zero attached hydrogens (tertiary/aromatic N) is 3. The number of rotatable bonds is 14. The number of alkyl carbamates (subject to hydrolysis) is 1. The minimum Gasteiger partial charge on any atom is -0.492 e. The normalized spacial score (nSPS) is 25.2. The van der Waals surface area contributed by atoms with Crippen LogP contribution in [0.2, 0.25) is 0 Å². The van der Waals surface area contributed by atoms with Gasteiger partial charge >= 0.3 is 6.09 Å². The van der Waals surface area contributed by atoms with E-state index in [0.29, 0.717) is 43.6 Å². The minimum atomic E-state index is -3.57. The van der Waals surface area contributed by atoms with Crippen molar-refractivity contribution in [2.45, 2.75) is 106 Å². The van der Waals surface area contributed by atoms with Gasteiger partial charge < -0.3 is 34.8 Å². The van der Waals surface area contributed by atoms with E-state index in [-0.39, 0.29) is 30.4 Å². The van der Waals surface area contributed by atoms with Crippen molar-refractivity contribution in [3.05, 3.63) is 65.2 Å². The Morgan fingerprint density at radius 2 is 1.67 bits per heavy atom. The summed E-state index contributed by atoms with van der Waals surface area (Å²) in [4.78, 5) is 33.9. The molecule has 6 atom stereocenters. The Kier molecular flexibility index (Phi) is 13.9. The Labute approximate surface area is 321 Å². The first kappa shape index (κ1) is 40.4. The van der Waals surface area contributed by atoms with Crippen LogP contribution < -0.4 is 10.1 Å². The summed E-state index contributed by atoms with van der Waals surface area (Å²) in [6, 6.07) is 13.9. The number of nitrogens with one attached hydrogen (secondary N) is 1. The van der Waals surface area contributed by atoms with Gasteiger partial charge in [0.1, 0.15) is 12.4 Å². The maximum atomic E-state index is 14.2. The van der Waals surface area contributed by atoms with E-state index in [2.05, 4.69) is 22.2 Å². The van der Waals surface area contributed by atoms with Crippen LogP contribution in [0, 0.1) is 5.92 Å². The summed E-state index contributed by atoms with van der Waals surface area (Å²) in [5.41, 5.74) is 1.41. The third-order valence-corrected chi connectivity index (χ3v) is 14.1. The molecule has 12 nitrogen and oxygen atoms in total. The third-order valence-electron chi connectivity index (χ3n) is 12.2. The van der Waals surface area contributed by atoms with Crippen molar-refractivity contribution in [2.75, 3.05) is 59.2 Å². The Morgan fingerprint density at radius 1 is 0.963 bits per heavy atom. The van der Waals surface area contributed by atoms with Crippen LogP contribution in [0.3, 0.4) is 0 Å². The van der Waals surface area contributed by atoms with E-state index >= 15 is 0 Å². The lowest BCUT2D eigenvalue weighted by Crippen LogP contribution is -2.49. The second kappa shape index (κ2) is 18.6. The largest absolute Gasteiger partial charge is 0.492 e. The van der Waals surface area contributed by atoms with Gasteiger partial charge in [0.15, 0.2) is 9.84 Å². The number of fused-ring (bicyclic) bond motifs is 1. The van der Waals surface area contributed by atoms with E-state index in [1.165, 1.54) is 0 Å². The van der Waals surface area contributed by atoms with Gasteiger partial charge in [0.25, 0.3) is 0 Å². The van der Waals surface area contributed by atoms with E-state index in [4.69, 9.17) is 9.47 Å². The fourth-order valence-electron chi connectivity index (χ4n) is 8.83. The average molecular weight is 769 g/mol. The van der Waals surface area contributed by atoms with Crippen molar-refractivity contribution in [1.29, 1.82) is 0 Å². The second-order valence-electron chi connectivity index (χ2n) is 16.0. The second-order valence-corrected chi connectivity index (χ2v) is 18.2. The lowest BCUT2D eigenvalue weighted by molar-refractivity contribution is -0.135. The van der Waals surface area contributed by atoms with Crippen LogP contribution in [-0.2, 0) is 25.8 Å². The number of hydrogen-bond donors (Lipinski definition) is 3. The molecule has 6 rings (SSSR count). The molecule has 298 valence electrons. The number of hydrogen-bond acceptors (Lipinski definition) is 10. The van der Waals surface area contributed by atoms with E-state index in [0.717, 1.165) is 76.0 Å². The zero-order valence-electron chi connectivity index (χ0n) is 32.0. The van der Waals surface area contributed by atoms with Gasteiger partial charge in [-0.3, -0.25) is 9.69 Å². The number of ether oxygens (including phenoxy) is 2. The van der Waals surface area contributed by atoms with E-state index in [9.17, 15) is 28.2 Å². The van der Waals surface area contributed by atoms with Gasteiger partial charge in [-0.25, -0.2) is 13.2 Å². The van der Waals surface area contributed by atoms with Gasteiger partial charge in [-0.1, -0.05) is 68.5 Å². The van der Waals surface area contributed by atoms with Crippen LogP contribution in [0.25, 0.3) is 0 Å². The number of likely N-dealkylation sites (N-methyl/N-ethyl adjacent to an activating group) is 2. The molecule has 2 aliphatic carbocycles. The SMILES string of the molecule is CN1CCN(CCOc2ccc([C@H](CC(=O)N(C)[C@H]3c4ccccc4C[C@H]3O)[C@H](O)[C@H](CC3CCCCC3)NC(=O)OC3CCCCS3(=O)=O)cc2)CC1. The molecular formula is C41H60N4O8S. The molecule has 1 unspecified atom stereocenters. The number of piperazine rings is 1. The van der Waals surface area contributed by atoms with Gasteiger partial charge in [0.05, 0.1) is 30.0 Å². The van der Waals surface area contributed by atoms with Crippen molar-refractivity contribution in [3.63, 3.8) is 0 Å². The van der Waals surface area contributed by atoms with Crippen LogP contribution in [0.4, 0.5) is 4.79 Å². The average Bonchev–Trinajstić information content (AvgIpc) is 3.50. The molecule has 2 amide bonds. The topological polar surface area (TPSA) is 149 Å². The smallest absolute Gasteiger partial charge is 0.408 e. The molecule has 0 spiro atoms. The maximum Gasteiger partial charge on any atom is 0.408 e. The molecule has 4 aliphatic rings. The van der Waals surface area contributed by atoms with Crippen LogP contribution in [-0.4, -0.2) is 128 Å². The predicted molar refractivity (Wildman–Crippen MR) is 207 cm³/mol. The monoisotopic (exact) mass is 768 g/mol. The summed E-state index contributed by atoms with van der Waals surface area (Å²) in [7, 11) is 0.252. The zero-order valence-corrected chi connectivity index (χ0v) is 32.8. The number of aliphatic hydroxyl groups excluding tert-OH is 2. The molecule has 2 aromatic rings. The standard InChI is InChI=1S/C41H60N4O8S/c1-43-19-21-45(22-20-43)23-24-52-32-17-15-30(16-18-32)34(28-37(47)44(2)39-33-13-7-6-12-31(33)27-36(39)46)40(48)35(26-29-10-4-3-5-11-29)42-41(49)53-38-14-8-9-25-54(38,50)51/h6-7,12-13,15-18,29,34-36,38-40,46,48H,3-5,8-11,14,19-28H2,1-2H3,(H,42,49)/t34-,35-,36+,38?,39-,40-/m0/s1. The Balaban J connectivity index is 1.22. The first-order valence-corrected chi connectivity index (χ1v) is 21.7. The first-order chi connectivity index (χ1) is 26.0. The van der Waals surface area contributed by atoms with Crippen molar-refractivity contribution in [2.24, 2.45) is 5.92 Å². The fraction of sp³-hybridized carbons (Fsp3) is 0.659. The summed E-state index contributed by atoms with van der Waals surface area (Å²) in [5.74, 6) is -0.0752. The summed E-state index contributed by atoms with van der Waals surface area (Å²) in [6.45, 7) is 5.43. The molecule has 0 bridgehead atoms. The van der Waals surface area contributed by atoms with Gasteiger partial charge in [-0.2, -0.15) is 0 Å². The molecule has 54 heavy (non-hydrogen) atoms. The van der Waals surface area contributed by atoms with Gasteiger partial charge in [-0.15, -0.1) is 0 Å². The Hall–Kier alpha value is -3.23. The summed E-state index contributed by atoms with van der Waals surface area (Å²) >= 11 is 0. The summed E-state index contributed by atoms with van der Waals surface area (Å²) in [5, 5.41) is 26.3. The van der Waals surface area contributed by atoms with E-state index in [1.807, 2.05) is 48.5 Å². The number of carbonyl (C=O) groups excluding carboxylic acids is 2. The molecule has 13 heteroatoms. The van der Waals surface area contributed by atoms with Crippen LogP contribution in [0.5, 0.6) is 5.75 Å². The number of aliphatic hydroxyl groups is 2. The molecule has 3 N–H and O–H groups in total. The van der Waals surface area contributed by atoms with Crippen molar-refractivity contribution >= 4 is 21.8 Å². The van der Waals surface area contributed by atoms with E-state index < -0.39 is 51.6 Å². The van der Waals surface area contributed by atoms with Crippen molar-refractivity contribution < 1.29 is 37.7 Å². The number of carbonyl (C=O) groups is 2. The molecule has 0 aromatic heterocycles. The lowest BCUT2D eigenvalue weighted by atomic mass is 9.79. The van der Waals surface area contributed by atoms with Gasteiger partial charge in [-0.05, 0) is 67.5 Å². The maximum absolute atomic E-state index is 14.2.